The fourth-order valence-electron chi connectivity index (χ4n) is 12.2. The first-order valence-electron chi connectivity index (χ1n) is 28.7. The highest BCUT2D eigenvalue weighted by Crippen LogP contribution is 2.49. The molecule has 14 rings (SSSR count). The first kappa shape index (κ1) is 50.9. The van der Waals surface area contributed by atoms with Gasteiger partial charge in [0, 0.05) is 61.8 Å². The van der Waals surface area contributed by atoms with Gasteiger partial charge in [0.25, 0.3) is 6.71 Å². The zero-order chi connectivity index (χ0) is 56.2. The number of fused-ring (bicyclic) bond motifs is 7. The van der Waals surface area contributed by atoms with Crippen LogP contribution in [0.1, 0.15) is 79.0 Å². The van der Waals surface area contributed by atoms with E-state index in [2.05, 4.69) is 308 Å². The molecule has 0 unspecified atom stereocenters. The fraction of sp³-hybridized carbons (Fsp3) is 0.160. The highest BCUT2D eigenvalue weighted by Gasteiger charge is 2.48. The second-order valence-corrected chi connectivity index (χ2v) is 25.3. The summed E-state index contributed by atoms with van der Waals surface area (Å²) >= 11 is 0. The van der Waals surface area contributed by atoms with Crippen LogP contribution in [0.5, 0.6) is 0 Å². The summed E-state index contributed by atoms with van der Waals surface area (Å²) in [4.78, 5) is 12.9. The first-order valence-corrected chi connectivity index (χ1v) is 28.7. The summed E-state index contributed by atoms with van der Waals surface area (Å²) < 4.78 is 14.0. The van der Waals surface area contributed by atoms with Crippen molar-refractivity contribution in [3.05, 3.63) is 247 Å². The average molecular weight is 1070 g/mol. The van der Waals surface area contributed by atoms with Crippen LogP contribution in [0, 0.1) is 0 Å². The van der Waals surface area contributed by atoms with Gasteiger partial charge in [0.15, 0.2) is 0 Å². The van der Waals surface area contributed by atoms with Crippen LogP contribution < -0.4 is 31.2 Å². The van der Waals surface area contributed by atoms with Crippen LogP contribution in [0.15, 0.2) is 239 Å². The molecule has 0 spiro atoms. The van der Waals surface area contributed by atoms with Crippen LogP contribution in [-0.4, -0.2) is 11.7 Å². The molecular formula is C75H65BN4O2. The molecule has 2 aliphatic heterocycles. The van der Waals surface area contributed by atoms with Crippen molar-refractivity contribution >= 4 is 96.6 Å². The highest BCUT2D eigenvalue weighted by molar-refractivity contribution is 6.99. The van der Waals surface area contributed by atoms with Gasteiger partial charge in [-0.05, 0) is 169 Å². The summed E-state index contributed by atoms with van der Waals surface area (Å²) in [5, 5.41) is 2.08. The van der Waals surface area contributed by atoms with Crippen molar-refractivity contribution in [2.24, 2.45) is 0 Å². The molecule has 6 nitrogen and oxygen atoms in total. The standard InChI is InChI=1S/C75H65BN4O2/c1-73(2,3)53-32-29-50(30-33-53)49-25-27-51(28-26-49)71-77-70-72(82-71)80(59-39-42-68-62(46-59)61-43-52(31-41-67(61)81-68)48-19-13-10-14-20-48)66-45-55(75(7,8)9)44-65-69(66)76(70)63-40-38-60(78(56-21-15-11-16-22-56)57-23-17-12-18-24-57)47-64(63)79(65)58-36-34-54(35-37-58)74(4,5)6/h10-47H,1-9H3. The van der Waals surface area contributed by atoms with Crippen molar-refractivity contribution in [2.45, 2.75) is 78.6 Å². The quantitative estimate of drug-likeness (QED) is 0.141. The molecule has 0 aliphatic carbocycles. The van der Waals surface area contributed by atoms with Crippen LogP contribution >= 0.6 is 0 Å². The molecule has 0 bridgehead atoms. The molecule has 7 heteroatoms. The van der Waals surface area contributed by atoms with Gasteiger partial charge in [-0.25, -0.2) is 4.98 Å². The summed E-state index contributed by atoms with van der Waals surface area (Å²) in [6.45, 7) is 20.3. The number of oxazole rings is 1. The number of nitrogens with zero attached hydrogens (tertiary/aromatic N) is 4. The summed E-state index contributed by atoms with van der Waals surface area (Å²) in [6.07, 6.45) is 0. The largest absolute Gasteiger partial charge is 0.456 e. The Bertz CT molecular complexity index is 4330. The maximum Gasteiger partial charge on any atom is 0.279 e. The number of furan rings is 1. The molecule has 0 saturated carbocycles. The zero-order valence-electron chi connectivity index (χ0n) is 48.1. The van der Waals surface area contributed by atoms with E-state index < -0.39 is 0 Å². The van der Waals surface area contributed by atoms with Crippen molar-refractivity contribution in [2.75, 3.05) is 14.7 Å². The minimum Gasteiger partial charge on any atom is -0.456 e. The molecule has 400 valence electrons. The third kappa shape index (κ3) is 8.78. The lowest BCUT2D eigenvalue weighted by Crippen LogP contribution is -2.61. The third-order valence-electron chi connectivity index (χ3n) is 16.8. The lowest BCUT2D eigenvalue weighted by atomic mass is 9.35. The van der Waals surface area contributed by atoms with E-state index in [0.29, 0.717) is 11.8 Å². The van der Waals surface area contributed by atoms with Gasteiger partial charge in [-0.3, -0.25) is 4.90 Å². The predicted octanol–water partition coefficient (Wildman–Crippen LogP) is 19.0. The molecule has 4 heterocycles. The predicted molar refractivity (Wildman–Crippen MR) is 345 cm³/mol. The topological polar surface area (TPSA) is 48.9 Å². The Morgan fingerprint density at radius 3 is 1.46 bits per heavy atom. The van der Waals surface area contributed by atoms with E-state index in [1.807, 2.05) is 0 Å². The number of hydrogen-bond acceptors (Lipinski definition) is 6. The normalized spacial score (nSPS) is 13.1. The maximum atomic E-state index is 7.41. The molecule has 0 fully saturated rings. The van der Waals surface area contributed by atoms with E-state index in [4.69, 9.17) is 13.8 Å². The van der Waals surface area contributed by atoms with E-state index in [9.17, 15) is 0 Å². The summed E-state index contributed by atoms with van der Waals surface area (Å²) in [5.74, 6) is 1.26. The first-order chi connectivity index (χ1) is 39.5. The van der Waals surface area contributed by atoms with Gasteiger partial charge in [0.2, 0.25) is 11.8 Å². The molecule has 0 saturated heterocycles. The minimum absolute atomic E-state index is 0.0299. The van der Waals surface area contributed by atoms with E-state index >= 15 is 0 Å². The molecule has 0 amide bonds. The van der Waals surface area contributed by atoms with Gasteiger partial charge in [-0.2, -0.15) is 0 Å². The van der Waals surface area contributed by atoms with Crippen molar-refractivity contribution in [3.8, 4) is 33.7 Å². The summed E-state index contributed by atoms with van der Waals surface area (Å²) in [7, 11) is 0. The monoisotopic (exact) mass is 1060 g/mol. The lowest BCUT2D eigenvalue weighted by Gasteiger charge is -2.43. The number of aromatic nitrogens is 1. The number of para-hydroxylation sites is 2. The van der Waals surface area contributed by atoms with Crippen molar-refractivity contribution in [1.29, 1.82) is 0 Å². The molecule has 0 atom stereocenters. The van der Waals surface area contributed by atoms with E-state index in [1.54, 1.807) is 0 Å². The second-order valence-electron chi connectivity index (χ2n) is 25.3. The highest BCUT2D eigenvalue weighted by atomic mass is 16.4. The van der Waals surface area contributed by atoms with E-state index in [-0.39, 0.29) is 23.0 Å². The Morgan fingerprint density at radius 2 is 0.866 bits per heavy atom. The Morgan fingerprint density at radius 1 is 0.378 bits per heavy atom. The van der Waals surface area contributed by atoms with Gasteiger partial charge in [-0.1, -0.05) is 190 Å². The smallest absolute Gasteiger partial charge is 0.279 e. The Kier molecular flexibility index (Phi) is 11.9. The van der Waals surface area contributed by atoms with Gasteiger partial charge in [-0.15, -0.1) is 0 Å². The van der Waals surface area contributed by atoms with Crippen LogP contribution in [0.3, 0.4) is 0 Å². The molecule has 0 radical (unpaired) electrons. The van der Waals surface area contributed by atoms with Gasteiger partial charge < -0.3 is 18.6 Å². The fourth-order valence-corrected chi connectivity index (χ4v) is 12.2. The Hall–Kier alpha value is -9.33. The van der Waals surface area contributed by atoms with Gasteiger partial charge in [0.1, 0.15) is 11.2 Å². The van der Waals surface area contributed by atoms with Crippen molar-refractivity contribution in [3.63, 3.8) is 0 Å². The molecular weight excluding hydrogens is 1000 g/mol. The van der Waals surface area contributed by atoms with Gasteiger partial charge in [0.05, 0.1) is 5.59 Å². The molecule has 2 aliphatic rings. The second kappa shape index (κ2) is 19.2. The number of anilines is 9. The zero-order valence-corrected chi connectivity index (χ0v) is 48.1. The molecule has 0 N–H and O–H groups in total. The lowest BCUT2D eigenvalue weighted by molar-refractivity contribution is 0.579. The van der Waals surface area contributed by atoms with Gasteiger partial charge >= 0.3 is 0 Å². The number of rotatable bonds is 8. The Labute approximate surface area is 482 Å². The van der Waals surface area contributed by atoms with Crippen molar-refractivity contribution < 1.29 is 8.83 Å². The van der Waals surface area contributed by atoms with E-state index in [0.717, 1.165) is 101 Å². The SMILES string of the molecule is CC(C)(C)c1ccc(-c2ccc(-c3nc4c(o3)N(c3ccc5oc6ccc(-c7ccccc7)cc6c5c3)c3cc(C(C)(C)C)cc5c3B4c3ccc(N(c4ccccc4)c4ccccc4)cc3N5c3ccc(C(C)(C)C)cc3)cc2)cc1. The number of hydrogen-bond donors (Lipinski definition) is 0. The third-order valence-corrected chi connectivity index (χ3v) is 16.8. The minimum atomic E-state index is -0.300. The van der Waals surface area contributed by atoms with Crippen LogP contribution in [0.25, 0.3) is 55.6 Å². The van der Waals surface area contributed by atoms with E-state index in [1.165, 1.54) is 27.7 Å². The summed E-state index contributed by atoms with van der Waals surface area (Å²) in [6, 6.07) is 83.8. The Balaban J connectivity index is 1.02. The average Bonchev–Trinajstić information content (AvgIpc) is 1.54. The molecule has 82 heavy (non-hydrogen) atoms. The maximum absolute atomic E-state index is 7.41. The van der Waals surface area contributed by atoms with Crippen LogP contribution in [0.2, 0.25) is 0 Å². The molecule has 12 aromatic rings. The van der Waals surface area contributed by atoms with Crippen LogP contribution in [-0.2, 0) is 16.2 Å². The number of benzene rings is 10. The van der Waals surface area contributed by atoms with Crippen LogP contribution in [0.4, 0.5) is 51.4 Å². The van der Waals surface area contributed by atoms with Crippen molar-refractivity contribution in [1.82, 2.24) is 4.98 Å². The molecule has 10 aromatic carbocycles. The summed E-state index contributed by atoms with van der Waals surface area (Å²) in [5.41, 5.74) is 22.4. The molecule has 2 aromatic heterocycles.